The second-order valence-corrected chi connectivity index (χ2v) is 9.51. The minimum Gasteiger partial charge on any atom is -0.449 e. The number of nitrogens with one attached hydrogen (secondary N) is 1. The number of anilines is 1. The number of halogens is 1. The summed E-state index contributed by atoms with van der Waals surface area (Å²) in [5.41, 5.74) is 0.888. The van der Waals surface area contributed by atoms with Crippen molar-refractivity contribution in [1.82, 2.24) is 18.9 Å². The summed E-state index contributed by atoms with van der Waals surface area (Å²) in [6.45, 7) is 7.22. The first-order valence-corrected chi connectivity index (χ1v) is 12.0. The molecule has 12 heteroatoms. The molecule has 1 atom stereocenters. The average Bonchev–Trinajstić information content (AvgIpc) is 3.15. The van der Waals surface area contributed by atoms with Crippen LogP contribution in [-0.2, 0) is 19.6 Å². The number of sulfonamides is 1. The maximum atomic E-state index is 12.8. The molecule has 0 saturated heterocycles. The summed E-state index contributed by atoms with van der Waals surface area (Å²) in [5.74, 6) is -0.777. The molecule has 0 bridgehead atoms. The summed E-state index contributed by atoms with van der Waals surface area (Å²) < 4.78 is 33.7. The van der Waals surface area contributed by atoms with Gasteiger partial charge in [-0.3, -0.25) is 9.20 Å². The highest BCUT2D eigenvalue weighted by atomic mass is 35.5. The van der Waals surface area contributed by atoms with Crippen LogP contribution in [0.1, 0.15) is 37.0 Å². The van der Waals surface area contributed by atoms with E-state index < -0.39 is 28.0 Å². The summed E-state index contributed by atoms with van der Waals surface area (Å²) >= 11 is 6.16. The van der Waals surface area contributed by atoms with E-state index in [0.29, 0.717) is 24.6 Å². The van der Waals surface area contributed by atoms with Gasteiger partial charge in [0.1, 0.15) is 5.82 Å². The highest BCUT2D eigenvalue weighted by Gasteiger charge is 2.24. The maximum Gasteiger partial charge on any atom is 0.340 e. The van der Waals surface area contributed by atoms with Crippen molar-refractivity contribution in [2.45, 2.75) is 38.7 Å². The molecule has 0 spiro atoms. The first kappa shape index (κ1) is 24.6. The first-order chi connectivity index (χ1) is 15.6. The van der Waals surface area contributed by atoms with E-state index in [1.807, 2.05) is 0 Å². The minimum absolute atomic E-state index is 0.00633. The van der Waals surface area contributed by atoms with Gasteiger partial charge in [-0.25, -0.2) is 13.2 Å². The molecule has 0 aliphatic heterocycles. The van der Waals surface area contributed by atoms with E-state index in [1.165, 1.54) is 41.7 Å². The number of amides is 1. The van der Waals surface area contributed by atoms with Gasteiger partial charge in [-0.2, -0.15) is 4.31 Å². The van der Waals surface area contributed by atoms with E-state index in [1.54, 1.807) is 31.2 Å². The van der Waals surface area contributed by atoms with Crippen LogP contribution in [0.5, 0.6) is 0 Å². The van der Waals surface area contributed by atoms with E-state index in [2.05, 4.69) is 15.5 Å². The lowest BCUT2D eigenvalue weighted by molar-refractivity contribution is -0.123. The van der Waals surface area contributed by atoms with Gasteiger partial charge in [0.25, 0.3) is 5.91 Å². The zero-order chi connectivity index (χ0) is 24.3. The van der Waals surface area contributed by atoms with Crippen LogP contribution >= 0.6 is 11.6 Å². The Labute approximate surface area is 196 Å². The summed E-state index contributed by atoms with van der Waals surface area (Å²) in [7, 11) is -3.74. The van der Waals surface area contributed by atoms with E-state index in [0.717, 1.165) is 0 Å². The van der Waals surface area contributed by atoms with E-state index in [4.69, 9.17) is 16.3 Å². The van der Waals surface area contributed by atoms with Crippen molar-refractivity contribution >= 4 is 44.8 Å². The number of ether oxygens (including phenoxy) is 1. The summed E-state index contributed by atoms with van der Waals surface area (Å²) in [6.07, 6.45) is 0.352. The minimum atomic E-state index is -3.74. The van der Waals surface area contributed by atoms with Crippen LogP contribution in [0.15, 0.2) is 41.4 Å². The van der Waals surface area contributed by atoms with Gasteiger partial charge in [-0.05, 0) is 44.2 Å². The zero-order valence-electron chi connectivity index (χ0n) is 18.6. The second kappa shape index (κ2) is 9.86. The van der Waals surface area contributed by atoms with Gasteiger partial charge < -0.3 is 10.1 Å². The Kier molecular flexibility index (Phi) is 7.35. The molecular formula is C21H24ClN5O5S. The number of hydrogen-bond donors (Lipinski definition) is 1. The van der Waals surface area contributed by atoms with E-state index in [-0.39, 0.29) is 21.2 Å². The molecule has 0 saturated carbocycles. The molecule has 0 aliphatic carbocycles. The number of carbonyl (C=O) groups is 2. The molecule has 176 valence electrons. The molecule has 2 aromatic heterocycles. The van der Waals surface area contributed by atoms with Crippen molar-refractivity contribution in [3.05, 3.63) is 52.9 Å². The Balaban J connectivity index is 1.75. The number of hydrogen-bond acceptors (Lipinski definition) is 7. The Morgan fingerprint density at radius 3 is 2.55 bits per heavy atom. The zero-order valence-corrected chi connectivity index (χ0v) is 20.1. The number of rotatable bonds is 8. The number of esters is 1. The smallest absolute Gasteiger partial charge is 0.340 e. The third kappa shape index (κ3) is 5.15. The highest BCUT2D eigenvalue weighted by Crippen LogP contribution is 2.27. The summed E-state index contributed by atoms with van der Waals surface area (Å²) in [6, 6.07) is 7.18. The highest BCUT2D eigenvalue weighted by molar-refractivity contribution is 7.89. The first-order valence-electron chi connectivity index (χ1n) is 10.2. The molecule has 1 aromatic carbocycles. The third-order valence-electron chi connectivity index (χ3n) is 5.00. The molecule has 0 radical (unpaired) electrons. The molecule has 1 amide bonds. The number of aryl methyl sites for hydroxylation is 1. The number of nitrogens with zero attached hydrogens (tertiary/aromatic N) is 4. The van der Waals surface area contributed by atoms with Crippen LogP contribution < -0.4 is 5.32 Å². The lowest BCUT2D eigenvalue weighted by Crippen LogP contribution is -2.31. The monoisotopic (exact) mass is 493 g/mol. The fourth-order valence-corrected chi connectivity index (χ4v) is 4.77. The fourth-order valence-electron chi connectivity index (χ4n) is 3.12. The van der Waals surface area contributed by atoms with Gasteiger partial charge in [0.15, 0.2) is 11.8 Å². The van der Waals surface area contributed by atoms with E-state index >= 15 is 0 Å². The van der Waals surface area contributed by atoms with Gasteiger partial charge in [-0.1, -0.05) is 25.4 Å². The van der Waals surface area contributed by atoms with Crippen molar-refractivity contribution in [2.75, 3.05) is 18.4 Å². The lowest BCUT2D eigenvalue weighted by atomic mass is 10.2. The number of aromatic nitrogens is 3. The second-order valence-electron chi connectivity index (χ2n) is 7.16. The number of carbonyl (C=O) groups excluding carboxylic acids is 2. The number of pyridine rings is 1. The van der Waals surface area contributed by atoms with Crippen LogP contribution in [0, 0.1) is 6.92 Å². The van der Waals surface area contributed by atoms with Crippen LogP contribution in [-0.4, -0.2) is 58.4 Å². The van der Waals surface area contributed by atoms with E-state index in [9.17, 15) is 18.0 Å². The molecular weight excluding hydrogens is 470 g/mol. The predicted octanol–water partition coefficient (Wildman–Crippen LogP) is 2.91. The molecule has 10 nitrogen and oxygen atoms in total. The summed E-state index contributed by atoms with van der Waals surface area (Å²) in [4.78, 5) is 25.1. The largest absolute Gasteiger partial charge is 0.449 e. The number of fused-ring (bicyclic) bond motifs is 1. The third-order valence-corrected chi connectivity index (χ3v) is 7.38. The molecule has 0 fully saturated rings. The van der Waals surface area contributed by atoms with Crippen LogP contribution in [0.4, 0.5) is 5.69 Å². The Morgan fingerprint density at radius 2 is 1.88 bits per heavy atom. The molecule has 1 unspecified atom stereocenters. The topological polar surface area (TPSA) is 123 Å². The van der Waals surface area contributed by atoms with Crippen molar-refractivity contribution < 1.29 is 22.7 Å². The van der Waals surface area contributed by atoms with Gasteiger partial charge in [0, 0.05) is 19.3 Å². The van der Waals surface area contributed by atoms with Gasteiger partial charge in [0.2, 0.25) is 10.0 Å². The lowest BCUT2D eigenvalue weighted by Gasteiger charge is -2.19. The molecule has 3 rings (SSSR count). The molecule has 3 aromatic rings. The Morgan fingerprint density at radius 1 is 1.18 bits per heavy atom. The molecule has 1 N–H and O–H groups in total. The normalized spacial score (nSPS) is 12.7. The summed E-state index contributed by atoms with van der Waals surface area (Å²) in [5, 5.41) is 10.6. The molecule has 2 heterocycles. The number of benzene rings is 1. The van der Waals surface area contributed by atoms with Crippen molar-refractivity contribution in [3.63, 3.8) is 0 Å². The van der Waals surface area contributed by atoms with Crippen molar-refractivity contribution in [1.29, 1.82) is 0 Å². The van der Waals surface area contributed by atoms with Crippen LogP contribution in [0.3, 0.4) is 0 Å². The average molecular weight is 494 g/mol. The van der Waals surface area contributed by atoms with Gasteiger partial charge in [-0.15, -0.1) is 10.2 Å². The predicted molar refractivity (Wildman–Crippen MR) is 123 cm³/mol. The molecule has 0 aliphatic rings. The standard InChI is InChI=1S/C21H24ClN5O5S/c1-5-26(6-2)33(30,31)16-8-9-17(22)18(11-16)23-20(28)13(3)32-21(29)15-7-10-19-25-24-14(4)27(19)12-15/h7-13H,5-6H2,1-4H3,(H,23,28). The van der Waals surface area contributed by atoms with Crippen LogP contribution in [0.25, 0.3) is 5.65 Å². The van der Waals surface area contributed by atoms with Gasteiger partial charge in [0.05, 0.1) is 21.2 Å². The molecule has 33 heavy (non-hydrogen) atoms. The maximum absolute atomic E-state index is 12.8. The van der Waals surface area contributed by atoms with Crippen molar-refractivity contribution in [3.8, 4) is 0 Å². The fraction of sp³-hybridized carbons (Fsp3) is 0.333. The van der Waals surface area contributed by atoms with Crippen LogP contribution in [0.2, 0.25) is 5.02 Å². The van der Waals surface area contributed by atoms with Crippen molar-refractivity contribution in [2.24, 2.45) is 0 Å². The van der Waals surface area contributed by atoms with Gasteiger partial charge >= 0.3 is 5.97 Å². The Bertz CT molecular complexity index is 1300. The quantitative estimate of drug-likeness (QED) is 0.478. The Hall–Kier alpha value is -3.02. The SMILES string of the molecule is CCN(CC)S(=O)(=O)c1ccc(Cl)c(NC(=O)C(C)OC(=O)c2ccc3nnc(C)n3c2)c1.